The van der Waals surface area contributed by atoms with Gasteiger partial charge in [0.05, 0.1) is 7.11 Å². The minimum atomic E-state index is 0.377. The lowest BCUT2D eigenvalue weighted by Crippen LogP contribution is -2.34. The van der Waals surface area contributed by atoms with E-state index in [9.17, 15) is 0 Å². The van der Waals surface area contributed by atoms with E-state index < -0.39 is 0 Å². The van der Waals surface area contributed by atoms with E-state index in [1.807, 2.05) is 19.2 Å². The van der Waals surface area contributed by atoms with Crippen molar-refractivity contribution in [3.8, 4) is 5.75 Å². The molecule has 0 heterocycles. The molecule has 0 aromatic heterocycles. The molecule has 0 bridgehead atoms. The summed E-state index contributed by atoms with van der Waals surface area (Å²) in [6.07, 6.45) is 1.20. The van der Waals surface area contributed by atoms with Crippen molar-refractivity contribution in [2.75, 3.05) is 33.8 Å². The number of methoxy groups -OCH3 is 1. The molecule has 0 aliphatic carbocycles. The Morgan fingerprint density at radius 1 is 1.22 bits per heavy atom. The van der Waals surface area contributed by atoms with Gasteiger partial charge in [-0.25, -0.2) is 0 Å². The monoisotopic (exact) mass is 250 g/mol. The summed E-state index contributed by atoms with van der Waals surface area (Å²) in [6, 6.07) is 8.70. The van der Waals surface area contributed by atoms with E-state index in [1.165, 1.54) is 12.0 Å². The fourth-order valence-electron chi connectivity index (χ4n) is 2.15. The molecule has 18 heavy (non-hydrogen) atoms. The number of hydrogen-bond donors (Lipinski definition) is 1. The number of rotatable bonds is 8. The molecular weight excluding hydrogens is 224 g/mol. The van der Waals surface area contributed by atoms with Gasteiger partial charge in [0.15, 0.2) is 0 Å². The van der Waals surface area contributed by atoms with Crippen LogP contribution in [0.3, 0.4) is 0 Å². The van der Waals surface area contributed by atoms with Crippen LogP contribution in [0.15, 0.2) is 24.3 Å². The second kappa shape index (κ2) is 8.11. The Balaban J connectivity index is 2.68. The van der Waals surface area contributed by atoms with Crippen molar-refractivity contribution in [3.63, 3.8) is 0 Å². The molecule has 1 atom stereocenters. The molecule has 0 fully saturated rings. The van der Waals surface area contributed by atoms with Gasteiger partial charge in [-0.2, -0.15) is 0 Å². The minimum Gasteiger partial charge on any atom is -0.497 e. The van der Waals surface area contributed by atoms with E-state index in [2.05, 4.69) is 36.2 Å². The first-order valence-corrected chi connectivity index (χ1v) is 6.78. The molecule has 1 unspecified atom stereocenters. The van der Waals surface area contributed by atoms with Crippen molar-refractivity contribution in [2.24, 2.45) is 0 Å². The van der Waals surface area contributed by atoms with Gasteiger partial charge in [0.25, 0.3) is 0 Å². The van der Waals surface area contributed by atoms with Gasteiger partial charge in [-0.05, 0) is 44.3 Å². The summed E-state index contributed by atoms with van der Waals surface area (Å²) in [7, 11) is 3.72. The Morgan fingerprint density at radius 2 is 1.89 bits per heavy atom. The third-order valence-electron chi connectivity index (χ3n) is 3.29. The fourth-order valence-corrected chi connectivity index (χ4v) is 2.15. The first-order chi connectivity index (χ1) is 8.74. The molecule has 0 radical (unpaired) electrons. The van der Waals surface area contributed by atoms with Crippen molar-refractivity contribution >= 4 is 0 Å². The summed E-state index contributed by atoms with van der Waals surface area (Å²) < 4.78 is 5.19. The molecule has 1 aromatic rings. The van der Waals surface area contributed by atoms with E-state index in [4.69, 9.17) is 4.74 Å². The average Bonchev–Trinajstić information content (AvgIpc) is 2.43. The largest absolute Gasteiger partial charge is 0.497 e. The van der Waals surface area contributed by atoms with E-state index in [0.29, 0.717) is 6.04 Å². The third-order valence-corrected chi connectivity index (χ3v) is 3.29. The Labute approximate surface area is 111 Å². The highest BCUT2D eigenvalue weighted by atomic mass is 16.5. The van der Waals surface area contributed by atoms with E-state index in [-0.39, 0.29) is 0 Å². The van der Waals surface area contributed by atoms with Crippen LogP contribution in [0.4, 0.5) is 0 Å². The van der Waals surface area contributed by atoms with Crippen molar-refractivity contribution in [2.45, 2.75) is 26.3 Å². The van der Waals surface area contributed by atoms with Crippen LogP contribution in [0, 0.1) is 0 Å². The molecule has 1 N–H and O–H groups in total. The van der Waals surface area contributed by atoms with Crippen molar-refractivity contribution < 1.29 is 4.74 Å². The van der Waals surface area contributed by atoms with Gasteiger partial charge >= 0.3 is 0 Å². The first kappa shape index (κ1) is 15.0. The lowest BCUT2D eigenvalue weighted by molar-refractivity contribution is 0.258. The summed E-state index contributed by atoms with van der Waals surface area (Å²) in [5.74, 6) is 0.912. The van der Waals surface area contributed by atoms with Gasteiger partial charge in [-0.3, -0.25) is 0 Å². The maximum Gasteiger partial charge on any atom is 0.118 e. The zero-order valence-corrected chi connectivity index (χ0v) is 12.1. The average molecular weight is 250 g/mol. The second-order valence-electron chi connectivity index (χ2n) is 4.51. The summed E-state index contributed by atoms with van der Waals surface area (Å²) in [5, 5.41) is 3.40. The number of nitrogens with zero attached hydrogens (tertiary/aromatic N) is 1. The quantitative estimate of drug-likeness (QED) is 0.767. The number of nitrogens with one attached hydrogen (secondary N) is 1. The van der Waals surface area contributed by atoms with Crippen molar-refractivity contribution in [3.05, 3.63) is 29.8 Å². The molecule has 0 spiro atoms. The van der Waals surface area contributed by atoms with Crippen LogP contribution in [0.25, 0.3) is 0 Å². The molecule has 0 aliphatic heterocycles. The lowest BCUT2D eigenvalue weighted by atomic mass is 10.1. The SMILES string of the molecule is CCCN(CC)CC(NC)c1ccc(OC)cc1. The Kier molecular flexibility index (Phi) is 6.76. The molecule has 3 heteroatoms. The molecule has 0 saturated carbocycles. The van der Waals surface area contributed by atoms with Crippen LogP contribution >= 0.6 is 0 Å². The second-order valence-corrected chi connectivity index (χ2v) is 4.51. The summed E-state index contributed by atoms with van der Waals surface area (Å²) >= 11 is 0. The van der Waals surface area contributed by atoms with Crippen molar-refractivity contribution in [1.82, 2.24) is 10.2 Å². The number of ether oxygens (including phenoxy) is 1. The standard InChI is InChI=1S/C15H26N2O/c1-5-11-17(6-2)12-15(16-3)13-7-9-14(18-4)10-8-13/h7-10,15-16H,5-6,11-12H2,1-4H3. The number of benzene rings is 1. The van der Waals surface area contributed by atoms with Gasteiger partial charge in [-0.1, -0.05) is 26.0 Å². The Hall–Kier alpha value is -1.06. The number of hydrogen-bond acceptors (Lipinski definition) is 3. The predicted octanol–water partition coefficient (Wildman–Crippen LogP) is 2.69. The maximum absolute atomic E-state index is 5.19. The molecule has 0 aliphatic rings. The van der Waals surface area contributed by atoms with Crippen molar-refractivity contribution in [1.29, 1.82) is 0 Å². The molecule has 3 nitrogen and oxygen atoms in total. The molecule has 0 amide bonds. The molecular formula is C15H26N2O. The van der Waals surface area contributed by atoms with Gasteiger partial charge in [0.2, 0.25) is 0 Å². The molecule has 1 aromatic carbocycles. The summed E-state index contributed by atoms with van der Waals surface area (Å²) in [4.78, 5) is 2.48. The van der Waals surface area contributed by atoms with Crippen LogP contribution < -0.4 is 10.1 Å². The zero-order chi connectivity index (χ0) is 13.4. The molecule has 102 valence electrons. The van der Waals surface area contributed by atoms with Gasteiger partial charge < -0.3 is 15.0 Å². The first-order valence-electron chi connectivity index (χ1n) is 6.78. The van der Waals surface area contributed by atoms with E-state index >= 15 is 0 Å². The van der Waals surface area contributed by atoms with Crippen LogP contribution in [0.1, 0.15) is 31.9 Å². The van der Waals surface area contributed by atoms with Crippen LogP contribution in [0.5, 0.6) is 5.75 Å². The fraction of sp³-hybridized carbons (Fsp3) is 0.600. The highest BCUT2D eigenvalue weighted by Crippen LogP contribution is 2.18. The van der Waals surface area contributed by atoms with E-state index in [0.717, 1.165) is 25.4 Å². The highest BCUT2D eigenvalue weighted by molar-refractivity contribution is 5.29. The van der Waals surface area contributed by atoms with Gasteiger partial charge in [0, 0.05) is 12.6 Å². The predicted molar refractivity (Wildman–Crippen MR) is 77.2 cm³/mol. The number of likely N-dealkylation sites (N-methyl/N-ethyl adjacent to an activating group) is 2. The topological polar surface area (TPSA) is 24.5 Å². The highest BCUT2D eigenvalue weighted by Gasteiger charge is 2.12. The Morgan fingerprint density at radius 3 is 2.33 bits per heavy atom. The maximum atomic E-state index is 5.19. The summed E-state index contributed by atoms with van der Waals surface area (Å²) in [5.41, 5.74) is 1.31. The third kappa shape index (κ3) is 4.31. The lowest BCUT2D eigenvalue weighted by Gasteiger charge is -2.26. The van der Waals surface area contributed by atoms with Gasteiger partial charge in [-0.15, -0.1) is 0 Å². The normalized spacial score (nSPS) is 12.7. The van der Waals surface area contributed by atoms with Gasteiger partial charge in [0.1, 0.15) is 5.75 Å². The van der Waals surface area contributed by atoms with Crippen LogP contribution in [-0.2, 0) is 0 Å². The smallest absolute Gasteiger partial charge is 0.118 e. The van der Waals surface area contributed by atoms with Crippen LogP contribution in [-0.4, -0.2) is 38.7 Å². The van der Waals surface area contributed by atoms with Crippen LogP contribution in [0.2, 0.25) is 0 Å². The zero-order valence-electron chi connectivity index (χ0n) is 12.1. The Bertz CT molecular complexity index is 324. The van der Waals surface area contributed by atoms with E-state index in [1.54, 1.807) is 7.11 Å². The molecule has 1 rings (SSSR count). The summed E-state index contributed by atoms with van der Waals surface area (Å²) in [6.45, 7) is 7.75. The molecule has 0 saturated heterocycles. The minimum absolute atomic E-state index is 0.377.